The van der Waals surface area contributed by atoms with Crippen molar-refractivity contribution in [2.45, 2.75) is 19.3 Å². The van der Waals surface area contributed by atoms with E-state index in [0.29, 0.717) is 0 Å². The summed E-state index contributed by atoms with van der Waals surface area (Å²) in [5.41, 5.74) is 5.39. The van der Waals surface area contributed by atoms with Crippen molar-refractivity contribution in [3.8, 4) is 0 Å². The summed E-state index contributed by atoms with van der Waals surface area (Å²) in [4.78, 5) is 4.33. The third kappa shape index (κ3) is 6.30. The molecule has 1 heterocycles. The molecule has 0 radical (unpaired) electrons. The zero-order chi connectivity index (χ0) is 10.8. The molecule has 0 spiro atoms. The third-order valence-electron chi connectivity index (χ3n) is 2.28. The summed E-state index contributed by atoms with van der Waals surface area (Å²) in [6.45, 7) is 5.80. The van der Waals surface area contributed by atoms with Gasteiger partial charge < -0.3 is 21.7 Å². The van der Waals surface area contributed by atoms with Gasteiger partial charge >= 0.3 is 0 Å². The Morgan fingerprint density at radius 2 is 2.13 bits per heavy atom. The predicted molar refractivity (Wildman–Crippen MR) is 64.1 cm³/mol. The smallest absolute Gasteiger partial charge is 0.191 e. The van der Waals surface area contributed by atoms with Crippen molar-refractivity contribution < 1.29 is 0 Å². The maximum absolute atomic E-state index is 5.39. The van der Waals surface area contributed by atoms with Gasteiger partial charge in [0.15, 0.2) is 5.96 Å². The van der Waals surface area contributed by atoms with E-state index in [1.54, 1.807) is 0 Å². The van der Waals surface area contributed by atoms with Gasteiger partial charge in [0.25, 0.3) is 0 Å². The number of hydrogen-bond donors (Lipinski definition) is 4. The summed E-state index contributed by atoms with van der Waals surface area (Å²) >= 11 is 0. The molecule has 0 atom stereocenters. The highest BCUT2D eigenvalue weighted by atomic mass is 15.2. The standard InChI is InChI=1S/C10H23N5/c11-4-1-5-12-6-2-7-13-10-14-8-3-9-15-10/h12H,1-9,11H2,(H2,13,14,15). The summed E-state index contributed by atoms with van der Waals surface area (Å²) in [7, 11) is 0. The number of hydrogen-bond acceptors (Lipinski definition) is 5. The highest BCUT2D eigenvalue weighted by Crippen LogP contribution is 1.86. The Labute approximate surface area is 91.9 Å². The van der Waals surface area contributed by atoms with E-state index in [2.05, 4.69) is 20.9 Å². The first-order valence-corrected chi connectivity index (χ1v) is 5.86. The Kier molecular flexibility index (Phi) is 6.94. The fourth-order valence-corrected chi connectivity index (χ4v) is 1.42. The molecule has 5 nitrogen and oxygen atoms in total. The Bertz CT molecular complexity index is 181. The number of nitrogens with one attached hydrogen (secondary N) is 3. The van der Waals surface area contributed by atoms with Crippen LogP contribution in [0.3, 0.4) is 0 Å². The summed E-state index contributed by atoms with van der Waals surface area (Å²) in [6.07, 6.45) is 3.32. The number of aliphatic imine (C=N–C) groups is 1. The minimum atomic E-state index is 0.770. The zero-order valence-corrected chi connectivity index (χ0v) is 9.39. The topological polar surface area (TPSA) is 74.5 Å². The molecular formula is C10H23N5. The van der Waals surface area contributed by atoms with Crippen molar-refractivity contribution in [2.75, 3.05) is 39.3 Å². The molecule has 0 aromatic rings. The fourth-order valence-electron chi connectivity index (χ4n) is 1.42. The van der Waals surface area contributed by atoms with E-state index >= 15 is 0 Å². The van der Waals surface area contributed by atoms with E-state index in [0.717, 1.165) is 64.5 Å². The molecule has 1 aliphatic rings. The van der Waals surface area contributed by atoms with Crippen LogP contribution in [0.15, 0.2) is 4.99 Å². The van der Waals surface area contributed by atoms with Crippen LogP contribution < -0.4 is 21.7 Å². The second-order valence-corrected chi connectivity index (χ2v) is 3.68. The zero-order valence-electron chi connectivity index (χ0n) is 9.39. The van der Waals surface area contributed by atoms with Gasteiger partial charge in [-0.3, -0.25) is 4.99 Å². The molecule has 88 valence electrons. The fraction of sp³-hybridized carbons (Fsp3) is 0.900. The van der Waals surface area contributed by atoms with Crippen LogP contribution in [-0.4, -0.2) is 45.2 Å². The summed E-state index contributed by atoms with van der Waals surface area (Å²) < 4.78 is 0. The van der Waals surface area contributed by atoms with Crippen molar-refractivity contribution in [3.63, 3.8) is 0 Å². The first-order chi connectivity index (χ1) is 7.43. The van der Waals surface area contributed by atoms with Crippen molar-refractivity contribution in [1.29, 1.82) is 0 Å². The number of rotatable bonds is 7. The molecule has 0 fully saturated rings. The van der Waals surface area contributed by atoms with Gasteiger partial charge in [-0.25, -0.2) is 0 Å². The van der Waals surface area contributed by atoms with Crippen LogP contribution in [0.2, 0.25) is 0 Å². The van der Waals surface area contributed by atoms with Gasteiger partial charge in [0.2, 0.25) is 0 Å². The van der Waals surface area contributed by atoms with Crippen molar-refractivity contribution in [1.82, 2.24) is 16.0 Å². The molecule has 0 unspecified atom stereocenters. The van der Waals surface area contributed by atoms with E-state index in [1.165, 1.54) is 0 Å². The van der Waals surface area contributed by atoms with Gasteiger partial charge in [0.05, 0.1) is 0 Å². The second-order valence-electron chi connectivity index (χ2n) is 3.68. The quantitative estimate of drug-likeness (QED) is 0.420. The first-order valence-electron chi connectivity index (χ1n) is 5.86. The Hall–Kier alpha value is -0.810. The normalized spacial score (nSPS) is 15.7. The molecule has 0 amide bonds. The maximum Gasteiger partial charge on any atom is 0.191 e. The van der Waals surface area contributed by atoms with E-state index in [1.807, 2.05) is 0 Å². The van der Waals surface area contributed by atoms with E-state index in [-0.39, 0.29) is 0 Å². The summed E-state index contributed by atoms with van der Waals surface area (Å²) in [6, 6.07) is 0. The van der Waals surface area contributed by atoms with Gasteiger partial charge in [-0.2, -0.15) is 0 Å². The Morgan fingerprint density at radius 3 is 2.87 bits per heavy atom. The molecule has 0 bridgehead atoms. The maximum atomic E-state index is 5.39. The highest BCUT2D eigenvalue weighted by molar-refractivity contribution is 5.80. The lowest BCUT2D eigenvalue weighted by Gasteiger charge is -2.15. The van der Waals surface area contributed by atoms with E-state index < -0.39 is 0 Å². The van der Waals surface area contributed by atoms with E-state index in [9.17, 15) is 0 Å². The van der Waals surface area contributed by atoms with Gasteiger partial charge in [-0.15, -0.1) is 0 Å². The molecule has 0 saturated heterocycles. The van der Waals surface area contributed by atoms with Crippen LogP contribution in [0.25, 0.3) is 0 Å². The predicted octanol–water partition coefficient (Wildman–Crippen LogP) is -0.746. The number of nitrogens with two attached hydrogens (primary N) is 1. The van der Waals surface area contributed by atoms with Gasteiger partial charge in [0.1, 0.15) is 0 Å². The van der Waals surface area contributed by atoms with Crippen LogP contribution in [-0.2, 0) is 0 Å². The molecule has 1 rings (SSSR count). The highest BCUT2D eigenvalue weighted by Gasteiger charge is 2.01. The molecule has 15 heavy (non-hydrogen) atoms. The monoisotopic (exact) mass is 213 g/mol. The van der Waals surface area contributed by atoms with Crippen LogP contribution >= 0.6 is 0 Å². The number of nitrogens with zero attached hydrogens (tertiary/aromatic N) is 1. The molecule has 0 aliphatic carbocycles. The average Bonchev–Trinajstić information content (AvgIpc) is 2.29. The molecule has 0 saturated carbocycles. The minimum absolute atomic E-state index is 0.770. The van der Waals surface area contributed by atoms with Crippen LogP contribution in [0, 0.1) is 0 Å². The minimum Gasteiger partial charge on any atom is -0.356 e. The first kappa shape index (κ1) is 12.3. The lowest BCUT2D eigenvalue weighted by atomic mass is 10.3. The lowest BCUT2D eigenvalue weighted by Crippen LogP contribution is -2.41. The molecule has 5 N–H and O–H groups in total. The van der Waals surface area contributed by atoms with Gasteiger partial charge in [-0.1, -0.05) is 0 Å². The Balaban J connectivity index is 1.86. The van der Waals surface area contributed by atoms with Crippen molar-refractivity contribution in [2.24, 2.45) is 10.7 Å². The van der Waals surface area contributed by atoms with Crippen molar-refractivity contribution >= 4 is 5.96 Å². The number of guanidine groups is 1. The largest absolute Gasteiger partial charge is 0.356 e. The average molecular weight is 213 g/mol. The van der Waals surface area contributed by atoms with Crippen LogP contribution in [0.5, 0.6) is 0 Å². The van der Waals surface area contributed by atoms with Gasteiger partial charge in [-0.05, 0) is 38.9 Å². The summed E-state index contributed by atoms with van der Waals surface area (Å²) in [5.74, 6) is 0.961. The summed E-state index contributed by atoms with van der Waals surface area (Å²) in [5, 5.41) is 9.86. The molecule has 0 aromatic heterocycles. The molecule has 1 aliphatic heterocycles. The molecular weight excluding hydrogens is 190 g/mol. The SMILES string of the molecule is NCCCNCCCNC1=NCCCN1. The third-order valence-corrected chi connectivity index (χ3v) is 2.28. The van der Waals surface area contributed by atoms with E-state index in [4.69, 9.17) is 5.73 Å². The molecule has 0 aromatic carbocycles. The van der Waals surface area contributed by atoms with Crippen LogP contribution in [0.4, 0.5) is 0 Å². The van der Waals surface area contributed by atoms with Crippen molar-refractivity contribution in [3.05, 3.63) is 0 Å². The van der Waals surface area contributed by atoms with Gasteiger partial charge in [0, 0.05) is 19.6 Å². The second kappa shape index (κ2) is 8.49. The van der Waals surface area contributed by atoms with Crippen LogP contribution in [0.1, 0.15) is 19.3 Å². The Morgan fingerprint density at radius 1 is 1.27 bits per heavy atom. The lowest BCUT2D eigenvalue weighted by molar-refractivity contribution is 0.613. The molecule has 5 heteroatoms.